The molecule has 0 spiro atoms. The summed E-state index contributed by atoms with van der Waals surface area (Å²) in [6.45, 7) is -0.570. The van der Waals surface area contributed by atoms with E-state index in [0.29, 0.717) is 23.0 Å². The molecule has 0 aliphatic heterocycles. The molecule has 1 fully saturated rings. The number of nitro groups is 1. The van der Waals surface area contributed by atoms with Crippen molar-refractivity contribution < 1.29 is 18.5 Å². The van der Waals surface area contributed by atoms with E-state index in [1.165, 1.54) is 24.8 Å². The van der Waals surface area contributed by atoms with Crippen molar-refractivity contribution in [3.63, 3.8) is 0 Å². The fourth-order valence-electron chi connectivity index (χ4n) is 4.36. The van der Waals surface area contributed by atoms with Gasteiger partial charge in [-0.25, -0.2) is 4.57 Å². The minimum atomic E-state index is -4.04. The first-order chi connectivity index (χ1) is 16.0. The third kappa shape index (κ3) is 6.02. The zero-order valence-electron chi connectivity index (χ0n) is 18.4. The van der Waals surface area contributed by atoms with E-state index in [9.17, 15) is 14.7 Å². The minimum Gasteiger partial charge on any atom is -0.415 e. The van der Waals surface area contributed by atoms with Crippen molar-refractivity contribution >= 4 is 7.60 Å². The summed E-state index contributed by atoms with van der Waals surface area (Å²) in [5.41, 5.74) is 0.732. The highest BCUT2D eigenvalue weighted by Crippen LogP contribution is 2.60. The summed E-state index contributed by atoms with van der Waals surface area (Å²) in [4.78, 5) is 11.2. The van der Waals surface area contributed by atoms with Gasteiger partial charge in [0.15, 0.2) is 5.66 Å². The van der Waals surface area contributed by atoms with Gasteiger partial charge in [0.05, 0.1) is 0 Å². The summed E-state index contributed by atoms with van der Waals surface area (Å²) in [7, 11) is -4.04. The lowest BCUT2D eigenvalue weighted by molar-refractivity contribution is -0.480. The second-order valence-electron chi connectivity index (χ2n) is 8.38. The highest BCUT2D eigenvalue weighted by molar-refractivity contribution is 7.55. The standard InChI is InChI=1S/C26H28NO5P/c28-27(29)20-26(23-18-16-22(17-19-23)21-10-4-1-5-11-21)33(30,31-24-12-6-2-7-13-24)32-25-14-8-3-9-15-25/h2-3,6-9,12-19,21,26H,1,4-5,10-11,20H2/t26-/m0/s1. The summed E-state index contributed by atoms with van der Waals surface area (Å²) in [6, 6.07) is 25.0. The van der Waals surface area contributed by atoms with Gasteiger partial charge in [0.1, 0.15) is 11.5 Å². The molecule has 3 aromatic rings. The van der Waals surface area contributed by atoms with Crippen molar-refractivity contribution in [1.29, 1.82) is 0 Å². The van der Waals surface area contributed by atoms with Crippen LogP contribution in [0, 0.1) is 10.1 Å². The fourth-order valence-corrected chi connectivity index (χ4v) is 6.35. The highest BCUT2D eigenvalue weighted by atomic mass is 31.2. The van der Waals surface area contributed by atoms with Crippen molar-refractivity contribution in [3.05, 3.63) is 106 Å². The first-order valence-electron chi connectivity index (χ1n) is 11.3. The van der Waals surface area contributed by atoms with E-state index >= 15 is 0 Å². The normalized spacial score (nSPS) is 15.5. The highest BCUT2D eigenvalue weighted by Gasteiger charge is 2.44. The average Bonchev–Trinajstić information content (AvgIpc) is 2.84. The van der Waals surface area contributed by atoms with Crippen LogP contribution in [-0.4, -0.2) is 11.5 Å². The molecule has 0 aromatic heterocycles. The maximum Gasteiger partial charge on any atom is 0.444 e. The van der Waals surface area contributed by atoms with Crippen LogP contribution in [0.1, 0.15) is 54.8 Å². The molecule has 6 nitrogen and oxygen atoms in total. The molecule has 0 saturated heterocycles. The number of hydrogen-bond acceptors (Lipinski definition) is 5. The molecule has 0 N–H and O–H groups in total. The van der Waals surface area contributed by atoms with Crippen LogP contribution in [-0.2, 0) is 4.57 Å². The predicted octanol–water partition coefficient (Wildman–Crippen LogP) is 7.40. The first-order valence-corrected chi connectivity index (χ1v) is 13.0. The predicted molar refractivity (Wildman–Crippen MR) is 129 cm³/mol. The van der Waals surface area contributed by atoms with Gasteiger partial charge in [-0.2, -0.15) is 0 Å². The lowest BCUT2D eigenvalue weighted by Gasteiger charge is -2.26. The Balaban J connectivity index is 1.69. The van der Waals surface area contributed by atoms with Gasteiger partial charge >= 0.3 is 7.60 Å². The van der Waals surface area contributed by atoms with Crippen LogP contribution in [0.25, 0.3) is 0 Å². The molecule has 7 heteroatoms. The molecule has 1 aliphatic rings. The number of rotatable bonds is 9. The Morgan fingerprint density at radius 3 is 1.82 bits per heavy atom. The summed E-state index contributed by atoms with van der Waals surface area (Å²) in [6.07, 6.45) is 6.04. The first kappa shape index (κ1) is 23.1. The molecular formula is C26H28NO5P. The van der Waals surface area contributed by atoms with E-state index in [2.05, 4.69) is 0 Å². The van der Waals surface area contributed by atoms with Crippen molar-refractivity contribution in [3.8, 4) is 11.5 Å². The van der Waals surface area contributed by atoms with Crippen LogP contribution in [0.4, 0.5) is 0 Å². The Kier molecular flexibility index (Phi) is 7.46. The topological polar surface area (TPSA) is 78.7 Å². The molecule has 4 rings (SSSR count). The fraction of sp³-hybridized carbons (Fsp3) is 0.308. The molecule has 172 valence electrons. The maximum absolute atomic E-state index is 14.2. The van der Waals surface area contributed by atoms with Gasteiger partial charge < -0.3 is 9.05 Å². The zero-order chi connectivity index (χ0) is 23.1. The largest absolute Gasteiger partial charge is 0.444 e. The van der Waals surface area contributed by atoms with Crippen LogP contribution in [0.3, 0.4) is 0 Å². The maximum atomic E-state index is 14.2. The molecule has 1 saturated carbocycles. The van der Waals surface area contributed by atoms with Crippen molar-refractivity contribution in [2.45, 2.75) is 43.7 Å². The second-order valence-corrected chi connectivity index (χ2v) is 10.4. The molecule has 33 heavy (non-hydrogen) atoms. The molecule has 0 radical (unpaired) electrons. The van der Waals surface area contributed by atoms with E-state index in [0.717, 1.165) is 12.8 Å². The Morgan fingerprint density at radius 1 is 0.818 bits per heavy atom. The smallest absolute Gasteiger partial charge is 0.415 e. The van der Waals surface area contributed by atoms with Crippen LogP contribution >= 0.6 is 7.60 Å². The molecule has 0 bridgehead atoms. The summed E-state index contributed by atoms with van der Waals surface area (Å²) in [5, 5.41) is 11.6. The quantitative estimate of drug-likeness (QED) is 0.187. The molecule has 1 atom stereocenters. The molecule has 0 amide bonds. The molecule has 1 aliphatic carbocycles. The summed E-state index contributed by atoms with van der Waals surface area (Å²) < 4.78 is 26.0. The number of benzene rings is 3. The summed E-state index contributed by atoms with van der Waals surface area (Å²) >= 11 is 0. The molecular weight excluding hydrogens is 437 g/mol. The molecule has 0 unspecified atom stereocenters. The number of para-hydroxylation sites is 2. The van der Waals surface area contributed by atoms with E-state index in [4.69, 9.17) is 9.05 Å². The molecule has 3 aromatic carbocycles. The SMILES string of the molecule is O=[N+]([O-])C[C@@H](c1ccc(C2CCCCC2)cc1)P(=O)(Oc1ccccc1)Oc1ccccc1. The van der Waals surface area contributed by atoms with Crippen LogP contribution < -0.4 is 9.05 Å². The Bertz CT molecular complexity index is 1040. The van der Waals surface area contributed by atoms with Crippen LogP contribution in [0.15, 0.2) is 84.9 Å². The third-order valence-corrected chi connectivity index (χ3v) is 8.21. The van der Waals surface area contributed by atoms with Crippen molar-refractivity contribution in [2.24, 2.45) is 0 Å². The van der Waals surface area contributed by atoms with Crippen molar-refractivity contribution in [2.75, 3.05) is 6.54 Å². The lowest BCUT2D eigenvalue weighted by atomic mass is 9.84. The van der Waals surface area contributed by atoms with Gasteiger partial charge in [-0.3, -0.25) is 10.1 Å². The van der Waals surface area contributed by atoms with E-state index in [1.54, 1.807) is 48.5 Å². The van der Waals surface area contributed by atoms with Gasteiger partial charge in [-0.15, -0.1) is 0 Å². The van der Waals surface area contributed by atoms with Crippen molar-refractivity contribution in [1.82, 2.24) is 0 Å². The summed E-state index contributed by atoms with van der Waals surface area (Å²) in [5.74, 6) is 1.18. The van der Waals surface area contributed by atoms with Gasteiger partial charge in [0, 0.05) is 4.92 Å². The molecule has 0 heterocycles. The zero-order valence-corrected chi connectivity index (χ0v) is 19.3. The van der Waals surface area contributed by atoms with Gasteiger partial charge in [0.25, 0.3) is 0 Å². The third-order valence-electron chi connectivity index (χ3n) is 6.05. The minimum absolute atomic E-state index is 0.337. The monoisotopic (exact) mass is 465 g/mol. The van der Waals surface area contributed by atoms with E-state index in [1.807, 2.05) is 36.4 Å². The van der Waals surface area contributed by atoms with E-state index in [-0.39, 0.29) is 0 Å². The Labute approximate surface area is 194 Å². The number of nitrogens with zero attached hydrogens (tertiary/aromatic N) is 1. The van der Waals surface area contributed by atoms with Crippen LogP contribution in [0.2, 0.25) is 0 Å². The van der Waals surface area contributed by atoms with Crippen LogP contribution in [0.5, 0.6) is 11.5 Å². The Hall–Kier alpha value is -3.11. The second kappa shape index (κ2) is 10.7. The lowest BCUT2D eigenvalue weighted by Crippen LogP contribution is -2.19. The number of hydrogen-bond donors (Lipinski definition) is 0. The van der Waals surface area contributed by atoms with Gasteiger partial charge in [-0.05, 0) is 54.2 Å². The average molecular weight is 465 g/mol. The van der Waals surface area contributed by atoms with Gasteiger partial charge in [0.2, 0.25) is 6.54 Å². The van der Waals surface area contributed by atoms with Gasteiger partial charge in [-0.1, -0.05) is 79.9 Å². The Morgan fingerprint density at radius 2 is 1.33 bits per heavy atom. The van der Waals surface area contributed by atoms with E-state index < -0.39 is 24.7 Å².